The highest BCUT2D eigenvalue weighted by atomic mass is 127. The van der Waals surface area contributed by atoms with Crippen LogP contribution in [-0.4, -0.2) is 62.5 Å². The Morgan fingerprint density at radius 1 is 1.18 bits per heavy atom. The summed E-state index contributed by atoms with van der Waals surface area (Å²) in [6.45, 7) is 6.42. The number of nitrogens with zero attached hydrogens (tertiary/aromatic N) is 2. The molecule has 0 aromatic heterocycles. The van der Waals surface area contributed by atoms with Crippen molar-refractivity contribution in [3.05, 3.63) is 29.8 Å². The van der Waals surface area contributed by atoms with Gasteiger partial charge in [0.05, 0.1) is 6.54 Å². The summed E-state index contributed by atoms with van der Waals surface area (Å²) in [4.78, 5) is 29.1. The molecule has 158 valence electrons. The third kappa shape index (κ3) is 11.0. The van der Waals surface area contributed by atoms with Gasteiger partial charge >= 0.3 is 0 Å². The van der Waals surface area contributed by atoms with E-state index in [2.05, 4.69) is 20.9 Å². The smallest absolute Gasteiger partial charge is 0.259 e. The van der Waals surface area contributed by atoms with Crippen molar-refractivity contribution in [2.24, 2.45) is 4.99 Å². The van der Waals surface area contributed by atoms with E-state index in [0.29, 0.717) is 18.3 Å². The number of hydrogen-bond acceptors (Lipinski definition) is 4. The van der Waals surface area contributed by atoms with Crippen LogP contribution in [0.15, 0.2) is 29.3 Å². The third-order valence-electron chi connectivity index (χ3n) is 3.37. The SMILES string of the molecule is CN=C(NCC(=O)NC(C)(C)C)NCc1cccc(OCC(=O)N(C)C)c1.I. The largest absolute Gasteiger partial charge is 0.484 e. The topological polar surface area (TPSA) is 95.1 Å². The van der Waals surface area contributed by atoms with Gasteiger partial charge in [-0.05, 0) is 38.5 Å². The number of halogens is 1. The molecule has 9 heteroatoms. The fourth-order valence-electron chi connectivity index (χ4n) is 2.05. The molecule has 0 radical (unpaired) electrons. The molecule has 0 aliphatic heterocycles. The minimum Gasteiger partial charge on any atom is -0.484 e. The second-order valence-corrected chi connectivity index (χ2v) is 7.30. The lowest BCUT2D eigenvalue weighted by molar-refractivity contribution is -0.130. The van der Waals surface area contributed by atoms with Crippen LogP contribution in [0.5, 0.6) is 5.75 Å². The van der Waals surface area contributed by atoms with Crippen LogP contribution in [-0.2, 0) is 16.1 Å². The highest BCUT2D eigenvalue weighted by molar-refractivity contribution is 14.0. The lowest BCUT2D eigenvalue weighted by atomic mass is 10.1. The zero-order chi connectivity index (χ0) is 20.4. The molecule has 0 aliphatic carbocycles. The molecule has 1 aromatic rings. The van der Waals surface area contributed by atoms with Crippen molar-refractivity contribution in [1.29, 1.82) is 0 Å². The van der Waals surface area contributed by atoms with Crippen molar-refractivity contribution in [2.75, 3.05) is 34.3 Å². The summed E-state index contributed by atoms with van der Waals surface area (Å²) in [5, 5.41) is 9.00. The van der Waals surface area contributed by atoms with E-state index in [0.717, 1.165) is 5.56 Å². The minimum absolute atomic E-state index is 0. The number of hydrogen-bond donors (Lipinski definition) is 3. The van der Waals surface area contributed by atoms with Crippen LogP contribution in [0.3, 0.4) is 0 Å². The summed E-state index contributed by atoms with van der Waals surface area (Å²) in [5.74, 6) is 0.938. The van der Waals surface area contributed by atoms with Crippen LogP contribution in [0.2, 0.25) is 0 Å². The Bertz CT molecular complexity index is 672. The fraction of sp³-hybridized carbons (Fsp3) is 0.526. The van der Waals surface area contributed by atoms with Crippen LogP contribution in [0.1, 0.15) is 26.3 Å². The molecule has 0 heterocycles. The monoisotopic (exact) mass is 505 g/mol. The molecule has 0 spiro atoms. The van der Waals surface area contributed by atoms with Gasteiger partial charge in [-0.25, -0.2) is 0 Å². The van der Waals surface area contributed by atoms with Crippen molar-refractivity contribution in [1.82, 2.24) is 20.9 Å². The zero-order valence-electron chi connectivity index (χ0n) is 17.5. The molecule has 0 atom stereocenters. The number of carbonyl (C=O) groups is 2. The number of benzene rings is 1. The molecule has 0 saturated carbocycles. The standard InChI is InChI=1S/C19H31N5O3.HI/c1-19(2,3)23-16(25)12-22-18(20-4)21-11-14-8-7-9-15(10-14)27-13-17(26)24(5)6;/h7-10H,11-13H2,1-6H3,(H,23,25)(H2,20,21,22);1H. The maximum atomic E-state index is 11.9. The fourth-order valence-corrected chi connectivity index (χ4v) is 2.05. The number of ether oxygens (including phenoxy) is 1. The van der Waals surface area contributed by atoms with Crippen molar-refractivity contribution >= 4 is 41.8 Å². The van der Waals surface area contributed by atoms with Gasteiger partial charge in [0.25, 0.3) is 5.91 Å². The molecule has 1 aromatic carbocycles. The van der Waals surface area contributed by atoms with Gasteiger partial charge in [-0.15, -0.1) is 24.0 Å². The van der Waals surface area contributed by atoms with Crippen LogP contribution in [0, 0.1) is 0 Å². The lowest BCUT2D eigenvalue weighted by Gasteiger charge is -2.21. The van der Waals surface area contributed by atoms with Gasteiger partial charge in [-0.1, -0.05) is 12.1 Å². The van der Waals surface area contributed by atoms with Gasteiger partial charge < -0.3 is 25.6 Å². The molecule has 0 bridgehead atoms. The average Bonchev–Trinajstić information content (AvgIpc) is 2.58. The van der Waals surface area contributed by atoms with E-state index >= 15 is 0 Å². The summed E-state index contributed by atoms with van der Waals surface area (Å²) in [6.07, 6.45) is 0. The van der Waals surface area contributed by atoms with Gasteiger partial charge in [0.2, 0.25) is 5.91 Å². The number of rotatable bonds is 7. The number of guanidine groups is 1. The van der Waals surface area contributed by atoms with E-state index in [4.69, 9.17) is 4.74 Å². The molecule has 1 rings (SSSR count). The number of amides is 2. The van der Waals surface area contributed by atoms with Crippen LogP contribution < -0.4 is 20.7 Å². The van der Waals surface area contributed by atoms with Crippen molar-refractivity contribution in [3.63, 3.8) is 0 Å². The molecule has 0 unspecified atom stereocenters. The Morgan fingerprint density at radius 2 is 1.86 bits per heavy atom. The summed E-state index contributed by atoms with van der Waals surface area (Å²) in [5.41, 5.74) is 0.691. The summed E-state index contributed by atoms with van der Waals surface area (Å²) in [7, 11) is 5.02. The number of carbonyl (C=O) groups excluding carboxylic acids is 2. The van der Waals surface area contributed by atoms with Crippen LogP contribution in [0.4, 0.5) is 0 Å². The average molecular weight is 505 g/mol. The molecule has 0 aliphatic rings. The van der Waals surface area contributed by atoms with E-state index < -0.39 is 0 Å². The third-order valence-corrected chi connectivity index (χ3v) is 3.37. The van der Waals surface area contributed by atoms with Gasteiger partial charge in [-0.2, -0.15) is 0 Å². The Hall–Kier alpha value is -2.04. The Kier molecular flexibility index (Phi) is 11.5. The van der Waals surface area contributed by atoms with Crippen LogP contribution in [0.25, 0.3) is 0 Å². The molecule has 0 fully saturated rings. The first kappa shape index (κ1) is 26.0. The van der Waals surface area contributed by atoms with E-state index in [9.17, 15) is 9.59 Å². The van der Waals surface area contributed by atoms with E-state index in [1.165, 1.54) is 4.90 Å². The predicted molar refractivity (Wildman–Crippen MR) is 122 cm³/mol. The molecule has 28 heavy (non-hydrogen) atoms. The van der Waals surface area contributed by atoms with Gasteiger partial charge in [0.15, 0.2) is 12.6 Å². The second kappa shape index (κ2) is 12.4. The minimum atomic E-state index is -0.274. The zero-order valence-corrected chi connectivity index (χ0v) is 19.8. The Morgan fingerprint density at radius 3 is 2.43 bits per heavy atom. The van der Waals surface area contributed by atoms with Gasteiger partial charge in [0, 0.05) is 33.2 Å². The van der Waals surface area contributed by atoms with E-state index in [1.807, 2.05) is 39.0 Å². The van der Waals surface area contributed by atoms with E-state index in [-0.39, 0.29) is 54.5 Å². The van der Waals surface area contributed by atoms with Crippen LogP contribution >= 0.6 is 24.0 Å². The van der Waals surface area contributed by atoms with Gasteiger partial charge in [-0.3, -0.25) is 14.6 Å². The molecule has 2 amide bonds. The van der Waals surface area contributed by atoms with Crippen molar-refractivity contribution in [2.45, 2.75) is 32.9 Å². The quantitative estimate of drug-likeness (QED) is 0.296. The normalized spacial score (nSPS) is 11.1. The molecule has 0 saturated heterocycles. The number of nitrogens with one attached hydrogen (secondary N) is 3. The predicted octanol–water partition coefficient (Wildman–Crippen LogP) is 1.35. The van der Waals surface area contributed by atoms with Crippen molar-refractivity contribution < 1.29 is 14.3 Å². The Labute approximate surface area is 184 Å². The number of likely N-dealkylation sites (N-methyl/N-ethyl adjacent to an activating group) is 1. The molecule has 8 nitrogen and oxygen atoms in total. The lowest BCUT2D eigenvalue weighted by Crippen LogP contribution is -2.48. The number of aliphatic imine (C=N–C) groups is 1. The maximum absolute atomic E-state index is 11.9. The first-order chi connectivity index (χ1) is 12.6. The summed E-state index contributed by atoms with van der Waals surface area (Å²) < 4.78 is 5.51. The molecule has 3 N–H and O–H groups in total. The van der Waals surface area contributed by atoms with E-state index in [1.54, 1.807) is 27.2 Å². The second-order valence-electron chi connectivity index (χ2n) is 7.30. The first-order valence-electron chi connectivity index (χ1n) is 8.78. The Balaban J connectivity index is 0.00000729. The van der Waals surface area contributed by atoms with Crippen molar-refractivity contribution in [3.8, 4) is 5.75 Å². The summed E-state index contributed by atoms with van der Waals surface area (Å²) in [6, 6.07) is 7.46. The molecular weight excluding hydrogens is 473 g/mol. The highest BCUT2D eigenvalue weighted by Gasteiger charge is 2.13. The maximum Gasteiger partial charge on any atom is 0.259 e. The first-order valence-corrected chi connectivity index (χ1v) is 8.78. The summed E-state index contributed by atoms with van der Waals surface area (Å²) >= 11 is 0. The highest BCUT2D eigenvalue weighted by Crippen LogP contribution is 2.13. The molecular formula is C19H32IN5O3. The van der Waals surface area contributed by atoms with Gasteiger partial charge in [0.1, 0.15) is 5.75 Å².